The molecular formula is C20H26N2O8S. The van der Waals surface area contributed by atoms with Crippen LogP contribution in [0.4, 0.5) is 5.69 Å². The van der Waals surface area contributed by atoms with Gasteiger partial charge in [-0.05, 0) is 36.3 Å². The predicted octanol–water partition coefficient (Wildman–Crippen LogP) is 1.44. The second-order valence-corrected chi connectivity index (χ2v) is 10.6. The maximum Gasteiger partial charge on any atom is 0.339 e. The van der Waals surface area contributed by atoms with Gasteiger partial charge in [0.2, 0.25) is 15.9 Å². The van der Waals surface area contributed by atoms with Crippen molar-refractivity contribution >= 4 is 33.4 Å². The minimum atomic E-state index is -3.84. The van der Waals surface area contributed by atoms with Gasteiger partial charge in [-0.2, -0.15) is 0 Å². The number of phenols is 2. The van der Waals surface area contributed by atoms with E-state index in [2.05, 4.69) is 10.0 Å². The second kappa shape index (κ2) is 7.79. The van der Waals surface area contributed by atoms with E-state index in [1.54, 1.807) is 0 Å². The van der Waals surface area contributed by atoms with E-state index in [1.807, 2.05) is 13.8 Å². The van der Waals surface area contributed by atoms with Crippen molar-refractivity contribution in [1.82, 2.24) is 4.72 Å². The Balaban J connectivity index is 1.61. The number of anilines is 1. The molecule has 0 spiro atoms. The summed E-state index contributed by atoms with van der Waals surface area (Å²) in [6.07, 6.45) is 1.41. The highest BCUT2D eigenvalue weighted by Gasteiger charge is 2.65. The lowest BCUT2D eigenvalue weighted by Gasteiger charge is -2.36. The molecule has 0 heterocycles. The van der Waals surface area contributed by atoms with Crippen LogP contribution in [0.3, 0.4) is 0 Å². The Morgan fingerprint density at radius 3 is 2.45 bits per heavy atom. The van der Waals surface area contributed by atoms with Crippen LogP contribution in [0, 0.1) is 16.7 Å². The Labute approximate surface area is 179 Å². The molecule has 31 heavy (non-hydrogen) atoms. The van der Waals surface area contributed by atoms with Crippen LogP contribution in [0.5, 0.6) is 11.5 Å². The molecule has 1 aromatic carbocycles. The number of ketones is 1. The third kappa shape index (κ3) is 3.99. The molecule has 1 amide bonds. The summed E-state index contributed by atoms with van der Waals surface area (Å²) in [6.45, 7) is 3.61. The molecule has 3 rings (SSSR count). The van der Waals surface area contributed by atoms with E-state index in [0.29, 0.717) is 12.8 Å². The molecule has 0 aromatic heterocycles. The molecule has 2 aliphatic carbocycles. The first kappa shape index (κ1) is 23.0. The van der Waals surface area contributed by atoms with Crippen LogP contribution in [0.25, 0.3) is 0 Å². The Hall–Kier alpha value is -2.66. The van der Waals surface area contributed by atoms with Gasteiger partial charge in [0.05, 0.1) is 5.75 Å². The molecule has 2 fully saturated rings. The van der Waals surface area contributed by atoms with Gasteiger partial charge in [-0.25, -0.2) is 17.9 Å². The Kier molecular flexibility index (Phi) is 5.78. The van der Waals surface area contributed by atoms with Crippen LogP contribution < -0.4 is 10.0 Å². The molecule has 1 aromatic rings. The maximum atomic E-state index is 12.6. The number of benzene rings is 1. The summed E-state index contributed by atoms with van der Waals surface area (Å²) < 4.78 is 27.6. The summed E-state index contributed by atoms with van der Waals surface area (Å²) in [4.78, 5) is 35.7. The zero-order valence-corrected chi connectivity index (χ0v) is 18.1. The Morgan fingerprint density at radius 1 is 1.23 bits per heavy atom. The SMILES string of the molecule is CC1(C)[C@@H]2CC[C@@]1(CS(=O)(=O)NCCC(=O)Nc1c(O)ccc(C(=O)O)c1O)C(=O)C2. The second-order valence-electron chi connectivity index (χ2n) is 8.78. The first-order valence-corrected chi connectivity index (χ1v) is 11.5. The Bertz CT molecular complexity index is 1050. The summed E-state index contributed by atoms with van der Waals surface area (Å²) in [5, 5.41) is 30.9. The number of carboxylic acid groups (broad SMARTS) is 1. The first-order chi connectivity index (χ1) is 14.3. The van der Waals surface area contributed by atoms with Gasteiger partial charge in [-0.3, -0.25) is 9.59 Å². The van der Waals surface area contributed by atoms with Gasteiger partial charge in [0.25, 0.3) is 0 Å². The fraction of sp³-hybridized carbons (Fsp3) is 0.550. The number of hydrogen-bond donors (Lipinski definition) is 5. The molecule has 0 aliphatic heterocycles. The minimum absolute atomic E-state index is 0.0267. The molecule has 2 atom stereocenters. The van der Waals surface area contributed by atoms with E-state index in [1.165, 1.54) is 0 Å². The van der Waals surface area contributed by atoms with Crippen molar-refractivity contribution in [1.29, 1.82) is 0 Å². The van der Waals surface area contributed by atoms with E-state index in [9.17, 15) is 33.0 Å². The number of aromatic hydroxyl groups is 2. The standard InChI is InChI=1S/C20H26N2O8S/c1-19(2)11-5-7-20(19,14(24)9-11)10-31(29,30)21-8-6-15(25)22-16-13(23)4-3-12(17(16)26)18(27)28/h3-4,11,21,23,26H,5-10H2,1-2H3,(H,22,25)(H,27,28)/t11-,20-/m1/s1. The number of hydrogen-bond acceptors (Lipinski definition) is 7. The molecule has 170 valence electrons. The number of carbonyl (C=O) groups excluding carboxylic acids is 2. The summed E-state index contributed by atoms with van der Waals surface area (Å²) in [5.74, 6) is -3.70. The number of carbonyl (C=O) groups is 3. The average molecular weight is 455 g/mol. The van der Waals surface area contributed by atoms with Crippen molar-refractivity contribution < 1.29 is 38.1 Å². The van der Waals surface area contributed by atoms with Crippen LogP contribution in [0.15, 0.2) is 12.1 Å². The number of Topliss-reactive ketones (excluding diaryl/α,β-unsaturated/α-hetero) is 1. The first-order valence-electron chi connectivity index (χ1n) is 9.89. The highest BCUT2D eigenvalue weighted by atomic mass is 32.2. The number of rotatable bonds is 8. The number of phenolic OH excluding ortho intramolecular Hbond substituents is 1. The normalized spacial score (nSPS) is 24.3. The molecule has 10 nitrogen and oxygen atoms in total. The smallest absolute Gasteiger partial charge is 0.339 e. The average Bonchev–Trinajstić information content (AvgIpc) is 2.98. The molecule has 0 unspecified atom stereocenters. The highest BCUT2D eigenvalue weighted by Crippen LogP contribution is 2.64. The van der Waals surface area contributed by atoms with Crippen molar-refractivity contribution in [3.05, 3.63) is 17.7 Å². The summed E-state index contributed by atoms with van der Waals surface area (Å²) in [6, 6.07) is 1.99. The van der Waals surface area contributed by atoms with Crippen LogP contribution in [0.1, 0.15) is 49.9 Å². The van der Waals surface area contributed by atoms with Crippen LogP contribution in [0.2, 0.25) is 0 Å². The van der Waals surface area contributed by atoms with Crippen molar-refractivity contribution in [3.8, 4) is 11.5 Å². The lowest BCUT2D eigenvalue weighted by atomic mass is 9.70. The van der Waals surface area contributed by atoms with E-state index >= 15 is 0 Å². The highest BCUT2D eigenvalue weighted by molar-refractivity contribution is 7.89. The lowest BCUT2D eigenvalue weighted by Crippen LogP contribution is -2.45. The molecule has 11 heteroatoms. The van der Waals surface area contributed by atoms with Crippen LogP contribution in [-0.2, 0) is 19.6 Å². The zero-order valence-electron chi connectivity index (χ0n) is 17.3. The largest absolute Gasteiger partial charge is 0.506 e. The number of amides is 1. The quantitative estimate of drug-likeness (QED) is 0.367. The van der Waals surface area contributed by atoms with E-state index in [-0.39, 0.29) is 30.4 Å². The van der Waals surface area contributed by atoms with Gasteiger partial charge < -0.3 is 20.6 Å². The predicted molar refractivity (Wildman–Crippen MR) is 110 cm³/mol. The van der Waals surface area contributed by atoms with Crippen molar-refractivity contribution in [2.24, 2.45) is 16.7 Å². The van der Waals surface area contributed by atoms with Gasteiger partial charge in [0.1, 0.15) is 22.8 Å². The number of nitrogens with one attached hydrogen (secondary N) is 2. The fourth-order valence-corrected chi connectivity index (χ4v) is 6.72. The van der Waals surface area contributed by atoms with Gasteiger partial charge >= 0.3 is 5.97 Å². The van der Waals surface area contributed by atoms with E-state index in [4.69, 9.17) is 5.11 Å². The molecule has 2 saturated carbocycles. The van der Waals surface area contributed by atoms with Gasteiger partial charge in [0, 0.05) is 24.8 Å². The van der Waals surface area contributed by atoms with Crippen molar-refractivity contribution in [2.75, 3.05) is 17.6 Å². The lowest BCUT2D eigenvalue weighted by molar-refractivity contribution is -0.128. The summed E-state index contributed by atoms with van der Waals surface area (Å²) >= 11 is 0. The number of aromatic carboxylic acids is 1. The van der Waals surface area contributed by atoms with Crippen LogP contribution in [-0.4, -0.2) is 53.7 Å². The monoisotopic (exact) mass is 454 g/mol. The van der Waals surface area contributed by atoms with E-state index < -0.39 is 55.5 Å². The molecule has 5 N–H and O–H groups in total. The van der Waals surface area contributed by atoms with Gasteiger partial charge in [-0.1, -0.05) is 13.8 Å². The van der Waals surface area contributed by atoms with Crippen LogP contribution >= 0.6 is 0 Å². The number of carboxylic acids is 1. The molecule has 2 aliphatic rings. The molecule has 0 saturated heterocycles. The fourth-order valence-electron chi connectivity index (χ4n) is 4.88. The maximum absolute atomic E-state index is 12.6. The summed E-state index contributed by atoms with van der Waals surface area (Å²) in [7, 11) is -3.84. The van der Waals surface area contributed by atoms with Crippen molar-refractivity contribution in [2.45, 2.75) is 39.5 Å². The zero-order chi connectivity index (χ0) is 23.2. The van der Waals surface area contributed by atoms with E-state index in [0.717, 1.165) is 18.6 Å². The Morgan fingerprint density at radius 2 is 1.90 bits per heavy atom. The van der Waals surface area contributed by atoms with Crippen molar-refractivity contribution in [3.63, 3.8) is 0 Å². The summed E-state index contributed by atoms with van der Waals surface area (Å²) in [5.41, 5.74) is -2.30. The van der Waals surface area contributed by atoms with Gasteiger partial charge in [0.15, 0.2) is 5.75 Å². The third-order valence-corrected chi connectivity index (χ3v) is 8.42. The third-order valence-electron chi connectivity index (χ3n) is 6.90. The molecule has 2 bridgehead atoms. The molecule has 0 radical (unpaired) electrons. The number of fused-ring (bicyclic) bond motifs is 2. The number of sulfonamides is 1. The topological polar surface area (TPSA) is 170 Å². The van der Waals surface area contributed by atoms with Gasteiger partial charge in [-0.15, -0.1) is 0 Å². The minimum Gasteiger partial charge on any atom is -0.506 e. The molecular weight excluding hydrogens is 428 g/mol.